The second-order valence-electron chi connectivity index (χ2n) is 5.90. The quantitative estimate of drug-likeness (QED) is 0.899. The van der Waals surface area contributed by atoms with Crippen molar-refractivity contribution in [1.29, 1.82) is 0 Å². The van der Waals surface area contributed by atoms with Crippen molar-refractivity contribution in [3.63, 3.8) is 0 Å². The summed E-state index contributed by atoms with van der Waals surface area (Å²) >= 11 is 4.21. The molecule has 0 saturated carbocycles. The Balaban J connectivity index is 1.56. The molecule has 0 aromatic heterocycles. The van der Waals surface area contributed by atoms with E-state index >= 15 is 0 Å². The van der Waals surface area contributed by atoms with Gasteiger partial charge in [0.25, 0.3) is 0 Å². The van der Waals surface area contributed by atoms with Crippen LogP contribution >= 0.6 is 23.5 Å². The zero-order valence-corrected chi connectivity index (χ0v) is 14.3. The normalized spacial score (nSPS) is 26.2. The number of thioether (sulfide) groups is 2. The van der Waals surface area contributed by atoms with E-state index in [2.05, 4.69) is 48.6 Å². The predicted octanol–water partition coefficient (Wildman–Crippen LogP) is 3.51. The first kappa shape index (κ1) is 15.6. The van der Waals surface area contributed by atoms with Gasteiger partial charge in [0, 0.05) is 34.5 Å². The summed E-state index contributed by atoms with van der Waals surface area (Å²) in [7, 11) is 0. The smallest absolute Gasteiger partial charge is 0.122 e. The molecular weight excluding hydrogens is 298 g/mol. The van der Waals surface area contributed by atoms with Crippen LogP contribution in [0.15, 0.2) is 18.2 Å². The lowest BCUT2D eigenvalue weighted by Crippen LogP contribution is -2.41. The molecule has 2 N–H and O–H groups in total. The Labute approximate surface area is 136 Å². The molecule has 2 nitrogen and oxygen atoms in total. The minimum absolute atomic E-state index is 0.317. The summed E-state index contributed by atoms with van der Waals surface area (Å²) in [4.78, 5) is 0. The first-order valence-corrected chi connectivity index (χ1v) is 10.1. The molecule has 21 heavy (non-hydrogen) atoms. The van der Waals surface area contributed by atoms with Gasteiger partial charge in [-0.3, -0.25) is 0 Å². The van der Waals surface area contributed by atoms with E-state index in [-0.39, 0.29) is 0 Å². The fourth-order valence-electron chi connectivity index (χ4n) is 3.23. The topological polar surface area (TPSA) is 35.2 Å². The largest absolute Gasteiger partial charge is 0.493 e. The van der Waals surface area contributed by atoms with Gasteiger partial charge < -0.3 is 10.5 Å². The van der Waals surface area contributed by atoms with Crippen LogP contribution < -0.4 is 10.5 Å². The van der Waals surface area contributed by atoms with Crippen LogP contribution in [0, 0.1) is 0 Å². The first-order valence-electron chi connectivity index (χ1n) is 8.01. The van der Waals surface area contributed by atoms with E-state index < -0.39 is 0 Å². The molecule has 0 bridgehead atoms. The van der Waals surface area contributed by atoms with Crippen LogP contribution in [-0.4, -0.2) is 34.7 Å². The molecular formula is C17H25NOS2. The summed E-state index contributed by atoms with van der Waals surface area (Å²) in [6, 6.07) is 6.97. The standard InChI is InChI=1S/C17H25NOS2/c1-2-16-17(21-10-9-20-16)14(18)5-3-12-4-6-15-13(11-12)7-8-19-15/h4,6,11,14,16-17H,2-3,5,7-10,18H2,1H3. The van der Waals surface area contributed by atoms with Crippen molar-refractivity contribution in [1.82, 2.24) is 0 Å². The summed E-state index contributed by atoms with van der Waals surface area (Å²) < 4.78 is 5.57. The van der Waals surface area contributed by atoms with Crippen molar-refractivity contribution in [3.05, 3.63) is 29.3 Å². The van der Waals surface area contributed by atoms with Crippen LogP contribution in [-0.2, 0) is 12.8 Å². The Bertz CT molecular complexity index is 480. The van der Waals surface area contributed by atoms with Crippen molar-refractivity contribution < 1.29 is 4.74 Å². The fraction of sp³-hybridized carbons (Fsp3) is 0.647. The molecule has 116 valence electrons. The summed E-state index contributed by atoms with van der Waals surface area (Å²) in [6.07, 6.45) is 4.48. The van der Waals surface area contributed by atoms with E-state index in [9.17, 15) is 0 Å². The zero-order valence-electron chi connectivity index (χ0n) is 12.7. The van der Waals surface area contributed by atoms with Crippen molar-refractivity contribution in [2.45, 2.75) is 49.1 Å². The van der Waals surface area contributed by atoms with E-state index in [1.807, 2.05) is 0 Å². The van der Waals surface area contributed by atoms with Crippen LogP contribution in [0.25, 0.3) is 0 Å². The molecule has 3 rings (SSSR count). The molecule has 1 aromatic rings. The minimum atomic E-state index is 0.317. The van der Waals surface area contributed by atoms with Crippen LogP contribution in [0.2, 0.25) is 0 Å². The molecule has 4 heteroatoms. The molecule has 2 aliphatic rings. The van der Waals surface area contributed by atoms with Gasteiger partial charge in [-0.15, -0.1) is 0 Å². The number of benzene rings is 1. The molecule has 0 spiro atoms. The molecule has 2 heterocycles. The number of nitrogens with two attached hydrogens (primary N) is 1. The Morgan fingerprint density at radius 3 is 3.05 bits per heavy atom. The van der Waals surface area contributed by atoms with Crippen molar-refractivity contribution in [2.24, 2.45) is 5.73 Å². The van der Waals surface area contributed by atoms with Gasteiger partial charge in [-0.25, -0.2) is 0 Å². The third-order valence-electron chi connectivity index (χ3n) is 4.44. The summed E-state index contributed by atoms with van der Waals surface area (Å²) in [5.74, 6) is 3.63. The number of hydrogen-bond donors (Lipinski definition) is 1. The van der Waals surface area contributed by atoms with E-state index in [0.29, 0.717) is 11.3 Å². The Morgan fingerprint density at radius 1 is 1.33 bits per heavy atom. The highest BCUT2D eigenvalue weighted by molar-refractivity contribution is 8.07. The maximum Gasteiger partial charge on any atom is 0.122 e. The lowest BCUT2D eigenvalue weighted by Gasteiger charge is -2.34. The van der Waals surface area contributed by atoms with Gasteiger partial charge in [0.15, 0.2) is 0 Å². The second kappa shape index (κ2) is 7.30. The van der Waals surface area contributed by atoms with Crippen LogP contribution in [0.1, 0.15) is 30.9 Å². The Kier molecular flexibility index (Phi) is 5.41. The first-order chi connectivity index (χ1) is 10.3. The maximum absolute atomic E-state index is 6.52. The molecule has 2 aliphatic heterocycles. The van der Waals surface area contributed by atoms with Gasteiger partial charge in [0.1, 0.15) is 5.75 Å². The maximum atomic E-state index is 6.52. The van der Waals surface area contributed by atoms with Crippen molar-refractivity contribution >= 4 is 23.5 Å². The highest BCUT2D eigenvalue weighted by Crippen LogP contribution is 2.35. The Hall–Kier alpha value is -0.320. The molecule has 3 unspecified atom stereocenters. The molecule has 1 aromatic carbocycles. The number of rotatable bonds is 5. The van der Waals surface area contributed by atoms with Gasteiger partial charge in [-0.2, -0.15) is 23.5 Å². The zero-order chi connectivity index (χ0) is 14.7. The SMILES string of the molecule is CCC1SCCSC1C(N)CCc1ccc2c(c1)CCO2. The molecule has 0 aliphatic carbocycles. The second-order valence-corrected chi connectivity index (χ2v) is 8.53. The van der Waals surface area contributed by atoms with Gasteiger partial charge in [0.05, 0.1) is 6.61 Å². The van der Waals surface area contributed by atoms with E-state index in [1.165, 1.54) is 29.1 Å². The third kappa shape index (κ3) is 3.72. The summed E-state index contributed by atoms with van der Waals surface area (Å²) in [5.41, 5.74) is 9.30. The van der Waals surface area contributed by atoms with E-state index in [0.717, 1.165) is 36.9 Å². The van der Waals surface area contributed by atoms with Gasteiger partial charge in [-0.1, -0.05) is 19.1 Å². The van der Waals surface area contributed by atoms with Crippen LogP contribution in [0.3, 0.4) is 0 Å². The van der Waals surface area contributed by atoms with Crippen LogP contribution in [0.4, 0.5) is 0 Å². The predicted molar refractivity (Wildman–Crippen MR) is 94.7 cm³/mol. The summed E-state index contributed by atoms with van der Waals surface area (Å²) in [5, 5.41) is 1.37. The molecule has 0 amide bonds. The van der Waals surface area contributed by atoms with E-state index in [1.54, 1.807) is 0 Å². The number of ether oxygens (including phenoxy) is 1. The van der Waals surface area contributed by atoms with Gasteiger partial charge in [0.2, 0.25) is 0 Å². The van der Waals surface area contributed by atoms with E-state index in [4.69, 9.17) is 10.5 Å². The highest BCUT2D eigenvalue weighted by Gasteiger charge is 2.29. The van der Waals surface area contributed by atoms with Gasteiger partial charge >= 0.3 is 0 Å². The third-order valence-corrected chi connectivity index (χ3v) is 7.86. The lowest BCUT2D eigenvalue weighted by molar-refractivity contribution is 0.357. The average molecular weight is 324 g/mol. The van der Waals surface area contributed by atoms with Gasteiger partial charge in [-0.05, 0) is 36.5 Å². The highest BCUT2D eigenvalue weighted by atomic mass is 32.2. The average Bonchev–Trinajstić information content (AvgIpc) is 3.00. The molecule has 1 fully saturated rings. The number of hydrogen-bond acceptors (Lipinski definition) is 4. The molecule has 0 radical (unpaired) electrons. The fourth-order valence-corrected chi connectivity index (χ4v) is 6.46. The molecule has 3 atom stereocenters. The van der Waals surface area contributed by atoms with Crippen molar-refractivity contribution in [3.8, 4) is 5.75 Å². The van der Waals surface area contributed by atoms with Crippen molar-refractivity contribution in [2.75, 3.05) is 18.1 Å². The van der Waals surface area contributed by atoms with Crippen LogP contribution in [0.5, 0.6) is 5.75 Å². The summed E-state index contributed by atoms with van der Waals surface area (Å²) in [6.45, 7) is 3.14. The lowest BCUT2D eigenvalue weighted by atomic mass is 9.99. The molecule has 1 saturated heterocycles. The number of aryl methyl sites for hydroxylation is 1. The minimum Gasteiger partial charge on any atom is -0.493 e. The Morgan fingerprint density at radius 2 is 2.19 bits per heavy atom. The monoisotopic (exact) mass is 323 g/mol. The number of fused-ring (bicyclic) bond motifs is 1.